The van der Waals surface area contributed by atoms with E-state index in [4.69, 9.17) is 9.47 Å². The van der Waals surface area contributed by atoms with Crippen molar-refractivity contribution in [2.45, 2.75) is 33.9 Å². The molecule has 2 N–H and O–H groups in total. The molecule has 0 unspecified atom stereocenters. The number of rotatable bonds is 9. The van der Waals surface area contributed by atoms with E-state index >= 15 is 0 Å². The number of ether oxygens (including phenoxy) is 2. The summed E-state index contributed by atoms with van der Waals surface area (Å²) in [5.74, 6) is -0.531. The maximum absolute atomic E-state index is 12.2. The number of carboxylic acids is 1. The van der Waals surface area contributed by atoms with Crippen molar-refractivity contribution in [1.82, 2.24) is 15.0 Å². The van der Waals surface area contributed by atoms with Gasteiger partial charge in [0.15, 0.2) is 11.5 Å². The summed E-state index contributed by atoms with van der Waals surface area (Å²) < 4.78 is 12.9. The van der Waals surface area contributed by atoms with Crippen molar-refractivity contribution in [3.05, 3.63) is 71.6 Å². The van der Waals surface area contributed by atoms with Gasteiger partial charge in [-0.15, -0.1) is 5.10 Å². The summed E-state index contributed by atoms with van der Waals surface area (Å²) in [6.07, 6.45) is 4.72. The first-order chi connectivity index (χ1) is 16.0. The van der Waals surface area contributed by atoms with Crippen molar-refractivity contribution < 1.29 is 24.2 Å². The molecule has 0 spiro atoms. The molecule has 9 heteroatoms. The lowest BCUT2D eigenvalue weighted by Gasteiger charge is -2.10. The molecule has 0 aliphatic rings. The zero-order valence-corrected chi connectivity index (χ0v) is 19.1. The SMILES string of the molecule is CC.CCn1cc(COc2ccc(/C=C/C(=O)Nc3ccccc3C(=O)O)cc2OC)nn1. The molecule has 0 radical (unpaired) electrons. The fraction of sp³-hybridized carbons (Fsp3) is 0.250. The quantitative estimate of drug-likeness (QED) is 0.466. The smallest absolute Gasteiger partial charge is 0.337 e. The highest BCUT2D eigenvalue weighted by molar-refractivity contribution is 6.06. The number of aromatic carboxylic acids is 1. The summed E-state index contributed by atoms with van der Waals surface area (Å²) in [7, 11) is 1.53. The van der Waals surface area contributed by atoms with Crippen LogP contribution in [0.4, 0.5) is 5.69 Å². The first-order valence-electron chi connectivity index (χ1n) is 10.5. The van der Waals surface area contributed by atoms with Crippen molar-refractivity contribution in [1.29, 1.82) is 0 Å². The fourth-order valence-corrected chi connectivity index (χ4v) is 2.74. The molecule has 3 rings (SSSR count). The van der Waals surface area contributed by atoms with Crippen LogP contribution in [-0.2, 0) is 17.9 Å². The van der Waals surface area contributed by atoms with E-state index in [2.05, 4.69) is 15.6 Å². The topological polar surface area (TPSA) is 116 Å². The predicted octanol–water partition coefficient (Wildman–Crippen LogP) is 4.26. The number of amides is 1. The second-order valence-corrected chi connectivity index (χ2v) is 6.44. The van der Waals surface area contributed by atoms with E-state index in [0.717, 1.165) is 6.54 Å². The Morgan fingerprint density at radius 1 is 1.15 bits per heavy atom. The van der Waals surface area contributed by atoms with Gasteiger partial charge in [0, 0.05) is 12.6 Å². The normalized spacial score (nSPS) is 10.3. The Morgan fingerprint density at radius 3 is 2.58 bits per heavy atom. The third-order valence-corrected chi connectivity index (χ3v) is 4.32. The van der Waals surface area contributed by atoms with E-state index < -0.39 is 11.9 Å². The summed E-state index contributed by atoms with van der Waals surface area (Å²) in [6, 6.07) is 11.4. The number of anilines is 1. The minimum Gasteiger partial charge on any atom is -0.493 e. The molecule has 0 fully saturated rings. The van der Waals surface area contributed by atoms with Gasteiger partial charge < -0.3 is 19.9 Å². The average Bonchev–Trinajstić information content (AvgIpc) is 3.31. The van der Waals surface area contributed by atoms with Crippen LogP contribution in [0.1, 0.15) is 42.4 Å². The van der Waals surface area contributed by atoms with Gasteiger partial charge in [-0.1, -0.05) is 37.3 Å². The molecule has 1 aromatic heterocycles. The maximum atomic E-state index is 12.2. The van der Waals surface area contributed by atoms with Crippen LogP contribution in [0.2, 0.25) is 0 Å². The van der Waals surface area contributed by atoms with Crippen LogP contribution in [-0.4, -0.2) is 39.1 Å². The van der Waals surface area contributed by atoms with E-state index in [9.17, 15) is 14.7 Å². The summed E-state index contributed by atoms with van der Waals surface area (Å²) in [4.78, 5) is 23.4. The molecular weight excluding hydrogens is 424 g/mol. The number of aromatic nitrogens is 3. The number of benzene rings is 2. The summed E-state index contributed by atoms with van der Waals surface area (Å²) >= 11 is 0. The van der Waals surface area contributed by atoms with Crippen LogP contribution in [0.3, 0.4) is 0 Å². The van der Waals surface area contributed by atoms with E-state index in [-0.39, 0.29) is 17.9 Å². The van der Waals surface area contributed by atoms with Gasteiger partial charge >= 0.3 is 5.97 Å². The molecule has 1 heterocycles. The Morgan fingerprint density at radius 2 is 1.91 bits per heavy atom. The standard InChI is InChI=1S/C22H22N4O5.C2H6/c1-3-26-13-16(24-25-26)14-31-19-10-8-15(12-20(19)30-2)9-11-21(27)23-18-7-5-4-6-17(18)22(28)29;1-2/h4-13H,3,14H2,1-2H3,(H,23,27)(H,28,29);1-2H3/b11-9+;. The van der Waals surface area contributed by atoms with Crippen LogP contribution in [0.5, 0.6) is 11.5 Å². The maximum Gasteiger partial charge on any atom is 0.337 e. The Balaban J connectivity index is 0.00000187. The average molecular weight is 453 g/mol. The fourth-order valence-electron chi connectivity index (χ4n) is 2.74. The molecule has 9 nitrogen and oxygen atoms in total. The van der Waals surface area contributed by atoms with Crippen LogP contribution < -0.4 is 14.8 Å². The monoisotopic (exact) mass is 452 g/mol. The highest BCUT2D eigenvalue weighted by Crippen LogP contribution is 2.29. The van der Waals surface area contributed by atoms with Crippen molar-refractivity contribution in [2.24, 2.45) is 0 Å². The van der Waals surface area contributed by atoms with Gasteiger partial charge in [0.1, 0.15) is 12.3 Å². The molecule has 0 bridgehead atoms. The van der Waals surface area contributed by atoms with E-state index in [1.165, 1.54) is 25.3 Å². The number of nitrogens with one attached hydrogen (secondary N) is 1. The second-order valence-electron chi connectivity index (χ2n) is 6.44. The van der Waals surface area contributed by atoms with Gasteiger partial charge in [0.05, 0.1) is 24.6 Å². The zero-order chi connectivity index (χ0) is 24.2. The molecule has 0 saturated heterocycles. The number of carbonyl (C=O) groups excluding carboxylic acids is 1. The Bertz CT molecular complexity index is 1110. The van der Waals surface area contributed by atoms with Crippen LogP contribution in [0.15, 0.2) is 54.7 Å². The molecule has 0 saturated carbocycles. The van der Waals surface area contributed by atoms with E-state index in [1.54, 1.807) is 41.1 Å². The summed E-state index contributed by atoms with van der Waals surface area (Å²) in [6.45, 7) is 6.95. The zero-order valence-electron chi connectivity index (χ0n) is 19.1. The number of hydrogen-bond acceptors (Lipinski definition) is 6. The van der Waals surface area contributed by atoms with Gasteiger partial charge in [0.2, 0.25) is 5.91 Å². The third kappa shape index (κ3) is 7.20. The lowest BCUT2D eigenvalue weighted by Crippen LogP contribution is -2.11. The molecule has 33 heavy (non-hydrogen) atoms. The molecule has 0 aliphatic heterocycles. The number of methoxy groups -OCH3 is 1. The van der Waals surface area contributed by atoms with Crippen molar-refractivity contribution in [3.8, 4) is 11.5 Å². The van der Waals surface area contributed by atoms with Crippen molar-refractivity contribution in [3.63, 3.8) is 0 Å². The first-order valence-corrected chi connectivity index (χ1v) is 10.5. The van der Waals surface area contributed by atoms with Gasteiger partial charge in [-0.05, 0) is 42.8 Å². The Labute approximate surface area is 192 Å². The molecule has 0 atom stereocenters. The molecule has 3 aromatic rings. The van der Waals surface area contributed by atoms with Crippen LogP contribution in [0, 0.1) is 0 Å². The summed E-state index contributed by atoms with van der Waals surface area (Å²) in [5, 5.41) is 19.8. The molecule has 0 aliphatic carbocycles. The minimum atomic E-state index is -1.11. The minimum absolute atomic E-state index is 0.0198. The number of carboxylic acid groups (broad SMARTS) is 1. The highest BCUT2D eigenvalue weighted by atomic mass is 16.5. The third-order valence-electron chi connectivity index (χ3n) is 4.32. The first kappa shape index (κ1) is 25.1. The van der Waals surface area contributed by atoms with Crippen LogP contribution >= 0.6 is 0 Å². The number of nitrogens with zero attached hydrogens (tertiary/aromatic N) is 3. The second kappa shape index (κ2) is 12.7. The molecule has 174 valence electrons. The van der Waals surface area contributed by atoms with E-state index in [0.29, 0.717) is 22.8 Å². The highest BCUT2D eigenvalue weighted by Gasteiger charge is 2.11. The number of hydrogen-bond donors (Lipinski definition) is 2. The van der Waals surface area contributed by atoms with E-state index in [1.807, 2.05) is 27.0 Å². The lowest BCUT2D eigenvalue weighted by molar-refractivity contribution is -0.111. The number of carbonyl (C=O) groups is 2. The van der Waals surface area contributed by atoms with Gasteiger partial charge in [-0.3, -0.25) is 9.48 Å². The Kier molecular flexibility index (Phi) is 9.63. The van der Waals surface area contributed by atoms with Gasteiger partial charge in [-0.25, -0.2) is 4.79 Å². The van der Waals surface area contributed by atoms with Crippen LogP contribution in [0.25, 0.3) is 6.08 Å². The largest absolute Gasteiger partial charge is 0.493 e. The van der Waals surface area contributed by atoms with Crippen molar-refractivity contribution in [2.75, 3.05) is 12.4 Å². The Hall–Kier alpha value is -4.14. The molecular formula is C24H28N4O5. The van der Waals surface area contributed by atoms with Gasteiger partial charge in [-0.2, -0.15) is 0 Å². The number of para-hydroxylation sites is 1. The molecule has 2 aromatic carbocycles. The molecule has 1 amide bonds. The van der Waals surface area contributed by atoms with Crippen molar-refractivity contribution >= 4 is 23.6 Å². The van der Waals surface area contributed by atoms with Gasteiger partial charge in [0.25, 0.3) is 0 Å². The summed E-state index contributed by atoms with van der Waals surface area (Å²) in [5.41, 5.74) is 1.66. The predicted molar refractivity (Wildman–Crippen MR) is 125 cm³/mol. The lowest BCUT2D eigenvalue weighted by atomic mass is 10.1. The number of aryl methyl sites for hydroxylation is 1.